The summed E-state index contributed by atoms with van der Waals surface area (Å²) in [6.07, 6.45) is 0. The van der Waals surface area contributed by atoms with Crippen LogP contribution in [-0.4, -0.2) is 0 Å². The molecule has 3 rings (SSSR count). The van der Waals surface area contributed by atoms with Crippen LogP contribution in [0.3, 0.4) is 0 Å². The van der Waals surface area contributed by atoms with E-state index in [9.17, 15) is 4.39 Å². The zero-order valence-corrected chi connectivity index (χ0v) is 11.5. The van der Waals surface area contributed by atoms with Crippen LogP contribution < -0.4 is 5.73 Å². The predicted octanol–water partition coefficient (Wildman–Crippen LogP) is 4.74. The third kappa shape index (κ3) is 2.25. The fourth-order valence-electron chi connectivity index (χ4n) is 2.15. The fraction of sp³-hybridized carbons (Fsp3) is 0.0667. The molecule has 0 amide bonds. The lowest BCUT2D eigenvalue weighted by Crippen LogP contribution is -2.12. The Labute approximate surface area is 119 Å². The Morgan fingerprint density at radius 2 is 2.00 bits per heavy atom. The first-order valence-corrected chi connectivity index (χ1v) is 7.09. The van der Waals surface area contributed by atoms with Crippen molar-refractivity contribution in [1.29, 1.82) is 0 Å². The summed E-state index contributed by atoms with van der Waals surface area (Å²) in [6, 6.07) is 12.4. The highest BCUT2D eigenvalue weighted by molar-refractivity contribution is 7.17. The van der Waals surface area contributed by atoms with Gasteiger partial charge in [0, 0.05) is 4.70 Å². The van der Waals surface area contributed by atoms with Crippen LogP contribution in [0.15, 0.2) is 47.8 Å². The van der Waals surface area contributed by atoms with Crippen LogP contribution >= 0.6 is 22.9 Å². The van der Waals surface area contributed by atoms with Crippen LogP contribution in [0, 0.1) is 5.82 Å². The standard InChI is InChI=1S/C15H11ClFNS/c16-12-5-4-10(8-13(12)17)14(18)11-3-1-2-9-6-7-19-15(9)11/h1-8,14H,18H2. The Balaban J connectivity index is 2.10. The van der Waals surface area contributed by atoms with Crippen LogP contribution in [0.2, 0.25) is 5.02 Å². The van der Waals surface area contributed by atoms with Gasteiger partial charge in [0.2, 0.25) is 0 Å². The van der Waals surface area contributed by atoms with E-state index in [1.165, 1.54) is 6.07 Å². The second-order valence-corrected chi connectivity index (χ2v) is 5.66. The molecule has 0 bridgehead atoms. The Kier molecular flexibility index (Phi) is 3.27. The zero-order valence-electron chi connectivity index (χ0n) is 9.94. The van der Waals surface area contributed by atoms with Crippen LogP contribution in [0.4, 0.5) is 4.39 Å². The van der Waals surface area contributed by atoms with Gasteiger partial charge in [-0.05, 0) is 40.1 Å². The molecule has 1 atom stereocenters. The highest BCUT2D eigenvalue weighted by atomic mass is 35.5. The molecule has 3 aromatic rings. The molecule has 4 heteroatoms. The van der Waals surface area contributed by atoms with Gasteiger partial charge in [0.05, 0.1) is 11.1 Å². The maximum atomic E-state index is 13.5. The first-order chi connectivity index (χ1) is 9.16. The van der Waals surface area contributed by atoms with Gasteiger partial charge in [-0.1, -0.05) is 35.9 Å². The number of fused-ring (bicyclic) bond motifs is 1. The third-order valence-corrected chi connectivity index (χ3v) is 4.43. The largest absolute Gasteiger partial charge is 0.320 e. The first kappa shape index (κ1) is 12.6. The maximum absolute atomic E-state index is 13.5. The van der Waals surface area contributed by atoms with E-state index in [4.69, 9.17) is 17.3 Å². The Morgan fingerprint density at radius 1 is 1.16 bits per heavy atom. The van der Waals surface area contributed by atoms with Gasteiger partial charge in [-0.25, -0.2) is 4.39 Å². The molecular weight excluding hydrogens is 281 g/mol. The number of nitrogens with two attached hydrogens (primary N) is 1. The number of hydrogen-bond acceptors (Lipinski definition) is 2. The molecular formula is C15H11ClFNS. The second-order valence-electron chi connectivity index (χ2n) is 4.34. The molecule has 1 heterocycles. The lowest BCUT2D eigenvalue weighted by Gasteiger charge is -2.14. The summed E-state index contributed by atoms with van der Waals surface area (Å²) in [6.45, 7) is 0. The van der Waals surface area contributed by atoms with Crippen LogP contribution in [0.5, 0.6) is 0 Å². The van der Waals surface area contributed by atoms with E-state index in [2.05, 4.69) is 6.07 Å². The summed E-state index contributed by atoms with van der Waals surface area (Å²) in [5.74, 6) is -0.437. The van der Waals surface area contributed by atoms with E-state index >= 15 is 0 Å². The Hall–Kier alpha value is -1.42. The highest BCUT2D eigenvalue weighted by Gasteiger charge is 2.14. The minimum Gasteiger partial charge on any atom is -0.320 e. The van der Waals surface area contributed by atoms with Gasteiger partial charge in [0.15, 0.2) is 0 Å². The summed E-state index contributed by atoms with van der Waals surface area (Å²) in [5, 5.41) is 3.31. The van der Waals surface area contributed by atoms with Crippen LogP contribution in [-0.2, 0) is 0 Å². The van der Waals surface area contributed by atoms with Crippen molar-refractivity contribution in [2.75, 3.05) is 0 Å². The summed E-state index contributed by atoms with van der Waals surface area (Å²) in [4.78, 5) is 0. The van der Waals surface area contributed by atoms with Crippen molar-refractivity contribution >= 4 is 33.0 Å². The molecule has 0 spiro atoms. The number of hydrogen-bond donors (Lipinski definition) is 1. The van der Waals surface area contributed by atoms with Crippen molar-refractivity contribution in [2.24, 2.45) is 5.73 Å². The van der Waals surface area contributed by atoms with Crippen molar-refractivity contribution < 1.29 is 4.39 Å². The van der Waals surface area contributed by atoms with Gasteiger partial charge in [-0.3, -0.25) is 0 Å². The molecule has 0 aliphatic heterocycles. The molecule has 0 aliphatic rings. The molecule has 0 radical (unpaired) electrons. The van der Waals surface area contributed by atoms with Crippen molar-refractivity contribution in [3.8, 4) is 0 Å². The lowest BCUT2D eigenvalue weighted by molar-refractivity contribution is 0.624. The smallest absolute Gasteiger partial charge is 0.142 e. The van der Waals surface area contributed by atoms with E-state index < -0.39 is 5.82 Å². The average Bonchev–Trinajstić information content (AvgIpc) is 2.89. The highest BCUT2D eigenvalue weighted by Crippen LogP contribution is 2.31. The molecule has 0 saturated heterocycles. The number of halogens is 2. The van der Waals surface area contributed by atoms with Gasteiger partial charge < -0.3 is 5.73 Å². The molecule has 0 aliphatic carbocycles. The van der Waals surface area contributed by atoms with Gasteiger partial charge in [-0.2, -0.15) is 0 Å². The molecule has 96 valence electrons. The molecule has 1 aromatic heterocycles. The van der Waals surface area contributed by atoms with Gasteiger partial charge in [0.25, 0.3) is 0 Å². The molecule has 0 fully saturated rings. The zero-order chi connectivity index (χ0) is 13.4. The topological polar surface area (TPSA) is 26.0 Å². The van der Waals surface area contributed by atoms with E-state index in [0.717, 1.165) is 21.2 Å². The van der Waals surface area contributed by atoms with Gasteiger partial charge >= 0.3 is 0 Å². The van der Waals surface area contributed by atoms with Gasteiger partial charge in [-0.15, -0.1) is 11.3 Å². The minimum absolute atomic E-state index is 0.116. The van der Waals surface area contributed by atoms with Crippen molar-refractivity contribution in [2.45, 2.75) is 6.04 Å². The monoisotopic (exact) mass is 291 g/mol. The van der Waals surface area contributed by atoms with Crippen molar-refractivity contribution in [3.63, 3.8) is 0 Å². The first-order valence-electron chi connectivity index (χ1n) is 5.83. The molecule has 19 heavy (non-hydrogen) atoms. The number of thiophene rings is 1. The molecule has 1 nitrogen and oxygen atoms in total. The number of benzene rings is 2. The SMILES string of the molecule is NC(c1ccc(Cl)c(F)c1)c1cccc2ccsc12. The normalized spacial score (nSPS) is 12.8. The molecule has 2 N–H and O–H groups in total. The van der Waals surface area contributed by atoms with E-state index in [1.54, 1.807) is 23.5 Å². The van der Waals surface area contributed by atoms with E-state index in [0.29, 0.717) is 0 Å². The summed E-state index contributed by atoms with van der Waals surface area (Å²) in [5.41, 5.74) is 7.99. The predicted molar refractivity (Wildman–Crippen MR) is 79.3 cm³/mol. The van der Waals surface area contributed by atoms with E-state index in [-0.39, 0.29) is 11.1 Å². The van der Waals surface area contributed by atoms with Crippen LogP contribution in [0.25, 0.3) is 10.1 Å². The molecule has 0 saturated carbocycles. The number of rotatable bonds is 2. The summed E-state index contributed by atoms with van der Waals surface area (Å²) in [7, 11) is 0. The van der Waals surface area contributed by atoms with Gasteiger partial charge in [0.1, 0.15) is 5.82 Å². The lowest BCUT2D eigenvalue weighted by atomic mass is 9.98. The quantitative estimate of drug-likeness (QED) is 0.725. The summed E-state index contributed by atoms with van der Waals surface area (Å²) < 4.78 is 14.7. The molecule has 2 aromatic carbocycles. The van der Waals surface area contributed by atoms with E-state index in [1.807, 2.05) is 23.6 Å². The maximum Gasteiger partial charge on any atom is 0.142 e. The third-order valence-electron chi connectivity index (χ3n) is 3.15. The second kappa shape index (κ2) is 4.93. The van der Waals surface area contributed by atoms with Crippen LogP contribution in [0.1, 0.15) is 17.2 Å². The Morgan fingerprint density at radius 3 is 2.79 bits per heavy atom. The summed E-state index contributed by atoms with van der Waals surface area (Å²) >= 11 is 7.34. The average molecular weight is 292 g/mol. The minimum atomic E-state index is -0.437. The Bertz CT molecular complexity index is 738. The fourth-order valence-corrected chi connectivity index (χ4v) is 3.22. The molecule has 1 unspecified atom stereocenters. The van der Waals surface area contributed by atoms with Crippen molar-refractivity contribution in [3.05, 3.63) is 69.8 Å². The van der Waals surface area contributed by atoms with Crippen molar-refractivity contribution in [1.82, 2.24) is 0 Å².